The van der Waals surface area contributed by atoms with Crippen molar-refractivity contribution in [1.29, 1.82) is 0 Å². The van der Waals surface area contributed by atoms with Gasteiger partial charge in [-0.15, -0.1) is 0 Å². The molecule has 0 saturated carbocycles. The van der Waals surface area contributed by atoms with Crippen LogP contribution in [0.4, 0.5) is 0 Å². The van der Waals surface area contributed by atoms with Crippen LogP contribution in [0.15, 0.2) is 32.7 Å². The van der Waals surface area contributed by atoms with Gasteiger partial charge in [0, 0.05) is 19.2 Å². The van der Waals surface area contributed by atoms with Crippen LogP contribution in [0.2, 0.25) is 0 Å². The Morgan fingerprint density at radius 1 is 1.47 bits per heavy atom. The summed E-state index contributed by atoms with van der Waals surface area (Å²) in [6, 6.07) is 3.64. The monoisotopic (exact) mass is 276 g/mol. The third-order valence-electron chi connectivity index (χ3n) is 3.48. The molecule has 1 amide bonds. The SMILES string of the molecule is CC1CCN(C2=NC(=O)C(=Cc3ccco3)S2)CC1. The van der Waals surface area contributed by atoms with E-state index in [1.165, 1.54) is 24.6 Å². The molecule has 0 bridgehead atoms. The number of likely N-dealkylation sites (tertiary alicyclic amines) is 1. The first-order valence-electron chi connectivity index (χ1n) is 6.53. The number of hydrogen-bond donors (Lipinski definition) is 0. The van der Waals surface area contributed by atoms with E-state index in [0.717, 1.165) is 24.2 Å². The zero-order valence-corrected chi connectivity index (χ0v) is 11.7. The lowest BCUT2D eigenvalue weighted by atomic mass is 10.00. The number of hydrogen-bond acceptors (Lipinski definition) is 4. The highest BCUT2D eigenvalue weighted by atomic mass is 32.2. The van der Waals surface area contributed by atoms with Crippen molar-refractivity contribution < 1.29 is 9.21 Å². The molecule has 100 valence electrons. The first-order chi connectivity index (χ1) is 9.22. The molecule has 0 unspecified atom stereocenters. The second kappa shape index (κ2) is 5.25. The van der Waals surface area contributed by atoms with Gasteiger partial charge in [-0.05, 0) is 42.7 Å². The van der Waals surface area contributed by atoms with Crippen molar-refractivity contribution in [3.05, 3.63) is 29.1 Å². The van der Waals surface area contributed by atoms with Gasteiger partial charge in [-0.1, -0.05) is 6.92 Å². The molecule has 0 radical (unpaired) electrons. The van der Waals surface area contributed by atoms with Crippen LogP contribution in [-0.4, -0.2) is 29.1 Å². The Labute approximate surface area is 116 Å². The third kappa shape index (κ3) is 2.76. The van der Waals surface area contributed by atoms with Gasteiger partial charge in [0.2, 0.25) is 0 Å². The Kier molecular flexibility index (Phi) is 3.46. The fourth-order valence-electron chi connectivity index (χ4n) is 2.24. The highest BCUT2D eigenvalue weighted by Crippen LogP contribution is 2.32. The summed E-state index contributed by atoms with van der Waals surface area (Å²) in [6.07, 6.45) is 5.70. The van der Waals surface area contributed by atoms with E-state index in [1.54, 1.807) is 12.3 Å². The molecule has 5 heteroatoms. The van der Waals surface area contributed by atoms with E-state index < -0.39 is 0 Å². The Balaban J connectivity index is 1.70. The van der Waals surface area contributed by atoms with Crippen molar-refractivity contribution in [2.75, 3.05) is 13.1 Å². The molecule has 0 aromatic carbocycles. The highest BCUT2D eigenvalue weighted by molar-refractivity contribution is 8.18. The molecule has 0 atom stereocenters. The number of carbonyl (C=O) groups is 1. The summed E-state index contributed by atoms with van der Waals surface area (Å²) >= 11 is 1.45. The number of aliphatic imine (C=N–C) groups is 1. The van der Waals surface area contributed by atoms with Crippen LogP contribution in [0.25, 0.3) is 6.08 Å². The molecular weight excluding hydrogens is 260 g/mol. The second-order valence-electron chi connectivity index (χ2n) is 5.00. The number of amidine groups is 1. The average Bonchev–Trinajstić information content (AvgIpc) is 3.02. The van der Waals surface area contributed by atoms with Gasteiger partial charge >= 0.3 is 0 Å². The van der Waals surface area contributed by atoms with E-state index in [1.807, 2.05) is 12.1 Å². The van der Waals surface area contributed by atoms with Gasteiger partial charge in [0.1, 0.15) is 5.76 Å². The summed E-state index contributed by atoms with van der Waals surface area (Å²) in [4.78, 5) is 18.9. The van der Waals surface area contributed by atoms with Crippen LogP contribution in [0.3, 0.4) is 0 Å². The van der Waals surface area contributed by atoms with Crippen LogP contribution >= 0.6 is 11.8 Å². The van der Waals surface area contributed by atoms with Crippen molar-refractivity contribution in [1.82, 2.24) is 4.90 Å². The number of thioether (sulfide) groups is 1. The minimum Gasteiger partial charge on any atom is -0.465 e. The average molecular weight is 276 g/mol. The molecule has 1 fully saturated rings. The first-order valence-corrected chi connectivity index (χ1v) is 7.35. The predicted octanol–water partition coefficient (Wildman–Crippen LogP) is 2.98. The molecule has 1 saturated heterocycles. The lowest BCUT2D eigenvalue weighted by Crippen LogP contribution is -2.35. The van der Waals surface area contributed by atoms with Crippen LogP contribution in [0, 0.1) is 5.92 Å². The molecule has 3 heterocycles. The largest absolute Gasteiger partial charge is 0.465 e. The molecule has 2 aliphatic rings. The van der Waals surface area contributed by atoms with Gasteiger partial charge in [0.15, 0.2) is 5.17 Å². The number of piperidine rings is 1. The fraction of sp³-hybridized carbons (Fsp3) is 0.429. The number of amides is 1. The Bertz CT molecular complexity index is 526. The highest BCUT2D eigenvalue weighted by Gasteiger charge is 2.28. The number of nitrogens with zero attached hydrogens (tertiary/aromatic N) is 2. The Hall–Kier alpha value is -1.49. The van der Waals surface area contributed by atoms with E-state index in [0.29, 0.717) is 10.7 Å². The predicted molar refractivity (Wildman–Crippen MR) is 76.7 cm³/mol. The van der Waals surface area contributed by atoms with Gasteiger partial charge in [0.25, 0.3) is 5.91 Å². The minimum absolute atomic E-state index is 0.157. The van der Waals surface area contributed by atoms with E-state index in [4.69, 9.17) is 4.42 Å². The van der Waals surface area contributed by atoms with E-state index in [9.17, 15) is 4.79 Å². The van der Waals surface area contributed by atoms with Crippen molar-refractivity contribution in [2.45, 2.75) is 19.8 Å². The van der Waals surface area contributed by atoms with Crippen molar-refractivity contribution in [3.63, 3.8) is 0 Å². The Morgan fingerprint density at radius 2 is 2.26 bits per heavy atom. The molecule has 2 aliphatic heterocycles. The van der Waals surface area contributed by atoms with Gasteiger partial charge in [-0.25, -0.2) is 0 Å². The minimum atomic E-state index is -0.157. The lowest BCUT2D eigenvalue weighted by molar-refractivity contribution is -0.113. The van der Waals surface area contributed by atoms with Crippen LogP contribution in [0.5, 0.6) is 0 Å². The second-order valence-corrected chi connectivity index (χ2v) is 6.00. The summed E-state index contributed by atoms with van der Waals surface area (Å²) in [5.41, 5.74) is 0. The summed E-state index contributed by atoms with van der Waals surface area (Å²) < 4.78 is 5.23. The van der Waals surface area contributed by atoms with Crippen LogP contribution in [0.1, 0.15) is 25.5 Å². The molecule has 0 aliphatic carbocycles. The van der Waals surface area contributed by atoms with Crippen molar-refractivity contribution in [2.24, 2.45) is 10.9 Å². The summed E-state index contributed by atoms with van der Waals surface area (Å²) in [5.74, 6) is 1.31. The summed E-state index contributed by atoms with van der Waals surface area (Å²) in [7, 11) is 0. The molecule has 4 nitrogen and oxygen atoms in total. The molecule has 19 heavy (non-hydrogen) atoms. The maximum Gasteiger partial charge on any atom is 0.286 e. The zero-order valence-electron chi connectivity index (χ0n) is 10.8. The maximum atomic E-state index is 11.9. The Morgan fingerprint density at radius 3 is 2.95 bits per heavy atom. The zero-order chi connectivity index (χ0) is 13.2. The molecular formula is C14H16N2O2S. The van der Waals surface area contributed by atoms with Crippen LogP contribution < -0.4 is 0 Å². The topological polar surface area (TPSA) is 45.8 Å². The molecule has 0 spiro atoms. The van der Waals surface area contributed by atoms with Crippen LogP contribution in [-0.2, 0) is 4.79 Å². The number of carbonyl (C=O) groups excluding carboxylic acids is 1. The van der Waals surface area contributed by atoms with Gasteiger partial charge in [0.05, 0.1) is 11.2 Å². The first kappa shape index (κ1) is 12.5. The van der Waals surface area contributed by atoms with Crippen molar-refractivity contribution >= 4 is 28.9 Å². The van der Waals surface area contributed by atoms with Crippen molar-refractivity contribution in [3.8, 4) is 0 Å². The van der Waals surface area contributed by atoms with E-state index >= 15 is 0 Å². The summed E-state index contributed by atoms with van der Waals surface area (Å²) in [5, 5.41) is 0.842. The molecule has 3 rings (SSSR count). The van der Waals surface area contributed by atoms with Gasteiger partial charge in [-0.2, -0.15) is 4.99 Å². The number of furan rings is 1. The normalized spacial score (nSPS) is 23.2. The van der Waals surface area contributed by atoms with E-state index in [2.05, 4.69) is 16.8 Å². The maximum absolute atomic E-state index is 11.9. The summed E-state index contributed by atoms with van der Waals surface area (Å²) in [6.45, 7) is 4.26. The smallest absolute Gasteiger partial charge is 0.286 e. The lowest BCUT2D eigenvalue weighted by Gasteiger charge is -2.30. The fourth-order valence-corrected chi connectivity index (χ4v) is 3.18. The standard InChI is InChI=1S/C14H16N2O2S/c1-10-4-6-16(7-5-10)14-15-13(17)12(19-14)9-11-3-2-8-18-11/h2-3,8-10H,4-7H2,1H3. The molecule has 1 aromatic rings. The number of rotatable bonds is 1. The van der Waals surface area contributed by atoms with Gasteiger partial charge in [-0.3, -0.25) is 4.79 Å². The van der Waals surface area contributed by atoms with E-state index in [-0.39, 0.29) is 5.91 Å². The molecule has 0 N–H and O–H groups in total. The molecule has 1 aromatic heterocycles. The quantitative estimate of drug-likeness (QED) is 0.740. The third-order valence-corrected chi connectivity index (χ3v) is 4.52. The van der Waals surface area contributed by atoms with Gasteiger partial charge < -0.3 is 9.32 Å².